The topological polar surface area (TPSA) is 111 Å². The molecule has 2 aromatic carbocycles. The Morgan fingerprint density at radius 1 is 1.07 bits per heavy atom. The van der Waals surface area contributed by atoms with Crippen LogP contribution in [0.5, 0.6) is 5.75 Å². The Hall–Kier alpha value is -3.92. The molecule has 10 heteroatoms. The summed E-state index contributed by atoms with van der Waals surface area (Å²) < 4.78 is 6.70. The van der Waals surface area contributed by atoms with Gasteiger partial charge in [0.25, 0.3) is 5.69 Å². The summed E-state index contributed by atoms with van der Waals surface area (Å²) in [6.45, 7) is 0. The van der Waals surface area contributed by atoms with E-state index in [1.54, 1.807) is 7.11 Å². The summed E-state index contributed by atoms with van der Waals surface area (Å²) in [6.07, 6.45) is 0.459. The monoisotopic (exact) mass is 423 g/mol. The van der Waals surface area contributed by atoms with Crippen molar-refractivity contribution in [2.45, 2.75) is 6.42 Å². The molecule has 0 amide bonds. The predicted octanol–water partition coefficient (Wildman–Crippen LogP) is 4.51. The van der Waals surface area contributed by atoms with Gasteiger partial charge in [-0.05, 0) is 40.4 Å². The van der Waals surface area contributed by atoms with Crippen molar-refractivity contribution >= 4 is 39.8 Å². The fourth-order valence-electron chi connectivity index (χ4n) is 3.18. The number of hydrogen-bond donors (Lipinski definition) is 0. The molecule has 0 spiro atoms. The highest BCUT2D eigenvalue weighted by Crippen LogP contribution is 2.34. The molecule has 0 unspecified atom stereocenters. The van der Waals surface area contributed by atoms with E-state index in [4.69, 9.17) is 4.74 Å². The van der Waals surface area contributed by atoms with Gasteiger partial charge in [-0.3, -0.25) is 20.2 Å². The molecule has 2 heterocycles. The van der Waals surface area contributed by atoms with Crippen molar-refractivity contribution in [1.82, 2.24) is 0 Å². The van der Waals surface area contributed by atoms with Crippen LogP contribution in [-0.4, -0.2) is 33.1 Å². The molecule has 0 saturated carbocycles. The van der Waals surface area contributed by atoms with E-state index in [-0.39, 0.29) is 17.1 Å². The van der Waals surface area contributed by atoms with Crippen LogP contribution in [0.3, 0.4) is 0 Å². The standard InChI is InChI=1S/C20H15N4O5S/c1-29-15-7-4-13(5-8-15)16-12-19(20-3-2-10-30-20)22(21-16)17-9-6-14(23(25)26)11-18(17)24(27)28/h2-11H,12H2,1H3/q+1. The third-order valence-corrected chi connectivity index (χ3v) is 5.55. The van der Waals surface area contributed by atoms with E-state index < -0.39 is 9.85 Å². The zero-order chi connectivity index (χ0) is 21.3. The quantitative estimate of drug-likeness (QED) is 0.329. The maximum absolute atomic E-state index is 11.7. The maximum Gasteiger partial charge on any atom is 0.349 e. The van der Waals surface area contributed by atoms with E-state index in [2.05, 4.69) is 5.10 Å². The number of methoxy groups -OCH3 is 1. The number of non-ortho nitro benzene ring substituents is 1. The fourth-order valence-corrected chi connectivity index (χ4v) is 3.93. The number of rotatable bonds is 6. The largest absolute Gasteiger partial charge is 0.497 e. The van der Waals surface area contributed by atoms with Crippen molar-refractivity contribution in [2.75, 3.05) is 7.11 Å². The van der Waals surface area contributed by atoms with Crippen LogP contribution in [-0.2, 0) is 0 Å². The van der Waals surface area contributed by atoms with Crippen LogP contribution in [0, 0.1) is 20.2 Å². The number of nitrogens with zero attached hydrogens (tertiary/aromatic N) is 4. The molecule has 0 aliphatic carbocycles. The van der Waals surface area contributed by atoms with Gasteiger partial charge < -0.3 is 4.74 Å². The van der Waals surface area contributed by atoms with Crippen LogP contribution in [0.4, 0.5) is 17.1 Å². The number of thiophene rings is 1. The molecule has 30 heavy (non-hydrogen) atoms. The van der Waals surface area contributed by atoms with Gasteiger partial charge in [-0.25, -0.2) is 0 Å². The molecule has 0 radical (unpaired) electrons. The van der Waals surface area contributed by atoms with Crippen molar-refractivity contribution in [1.29, 1.82) is 0 Å². The Kier molecular flexibility index (Phi) is 5.07. The lowest BCUT2D eigenvalue weighted by Gasteiger charge is -2.00. The molecule has 1 aliphatic heterocycles. The van der Waals surface area contributed by atoms with Crippen molar-refractivity contribution in [3.63, 3.8) is 0 Å². The van der Waals surface area contributed by atoms with Gasteiger partial charge in [0, 0.05) is 22.8 Å². The molecule has 150 valence electrons. The van der Waals surface area contributed by atoms with Crippen LogP contribution in [0.15, 0.2) is 65.1 Å². The van der Waals surface area contributed by atoms with Crippen molar-refractivity contribution in [3.8, 4) is 5.75 Å². The normalized spacial score (nSPS) is 13.3. The minimum absolute atomic E-state index is 0.178. The molecule has 0 fully saturated rings. The average molecular weight is 423 g/mol. The summed E-state index contributed by atoms with van der Waals surface area (Å²) in [5, 5.41) is 29.3. The summed E-state index contributed by atoms with van der Waals surface area (Å²) in [5.74, 6) is 0.711. The molecule has 0 bridgehead atoms. The molecule has 0 atom stereocenters. The van der Waals surface area contributed by atoms with Crippen LogP contribution >= 0.6 is 11.3 Å². The average Bonchev–Trinajstić information content (AvgIpc) is 3.43. The molecule has 3 aromatic rings. The highest BCUT2D eigenvalue weighted by molar-refractivity contribution is 7.12. The SMILES string of the molecule is COc1ccc(C2=N[N+](c3ccc([N+](=O)[O-])cc3[N+](=O)[O-])=C(c3cccs3)C2)cc1. The summed E-state index contributed by atoms with van der Waals surface area (Å²) in [7, 11) is 1.58. The van der Waals surface area contributed by atoms with Crippen molar-refractivity contribution in [3.05, 3.63) is 90.6 Å². The molecule has 1 aromatic heterocycles. The van der Waals surface area contributed by atoms with Crippen LogP contribution in [0.2, 0.25) is 0 Å². The van der Waals surface area contributed by atoms with Crippen molar-refractivity contribution in [2.24, 2.45) is 5.10 Å². The first kappa shape index (κ1) is 19.4. The second kappa shape index (κ2) is 7.84. The lowest BCUT2D eigenvalue weighted by molar-refractivity contribution is -0.459. The number of ether oxygens (including phenoxy) is 1. The van der Waals surface area contributed by atoms with Gasteiger partial charge in [0.1, 0.15) is 17.5 Å². The molecule has 9 nitrogen and oxygen atoms in total. The van der Waals surface area contributed by atoms with E-state index >= 15 is 0 Å². The summed E-state index contributed by atoms with van der Waals surface area (Å²) >= 11 is 1.49. The summed E-state index contributed by atoms with van der Waals surface area (Å²) in [6, 6.07) is 14.8. The van der Waals surface area contributed by atoms with Gasteiger partial charge in [0.05, 0.1) is 28.3 Å². The first-order chi connectivity index (χ1) is 14.5. The number of hydrazone groups is 1. The Labute approximate surface area is 174 Å². The Morgan fingerprint density at radius 2 is 1.83 bits per heavy atom. The molecule has 4 rings (SSSR count). The van der Waals surface area contributed by atoms with Gasteiger partial charge in [0.15, 0.2) is 0 Å². The second-order valence-corrected chi connectivity index (χ2v) is 7.32. The molecular weight excluding hydrogens is 408 g/mol. The third kappa shape index (κ3) is 3.55. The van der Waals surface area contributed by atoms with E-state index in [0.717, 1.165) is 27.9 Å². The zero-order valence-electron chi connectivity index (χ0n) is 15.7. The first-order valence-corrected chi connectivity index (χ1v) is 9.70. The third-order valence-electron chi connectivity index (χ3n) is 4.63. The van der Waals surface area contributed by atoms with E-state index in [9.17, 15) is 20.2 Å². The number of hydrogen-bond acceptors (Lipinski definition) is 7. The Morgan fingerprint density at radius 3 is 2.43 bits per heavy atom. The summed E-state index contributed by atoms with van der Waals surface area (Å²) in [4.78, 5) is 22.4. The highest BCUT2D eigenvalue weighted by Gasteiger charge is 2.37. The zero-order valence-corrected chi connectivity index (χ0v) is 16.5. The molecule has 1 aliphatic rings. The summed E-state index contributed by atoms with van der Waals surface area (Å²) in [5.41, 5.74) is 1.82. The first-order valence-electron chi connectivity index (χ1n) is 8.82. The Balaban J connectivity index is 1.86. The van der Waals surface area contributed by atoms with Crippen LogP contribution < -0.4 is 4.74 Å². The van der Waals surface area contributed by atoms with Crippen molar-refractivity contribution < 1.29 is 19.3 Å². The van der Waals surface area contributed by atoms with Gasteiger partial charge in [-0.2, -0.15) is 0 Å². The maximum atomic E-state index is 11.7. The Bertz CT molecular complexity index is 1200. The molecule has 0 saturated heterocycles. The minimum atomic E-state index is -0.656. The van der Waals surface area contributed by atoms with Gasteiger partial charge in [-0.15, -0.1) is 11.3 Å². The van der Waals surface area contributed by atoms with Gasteiger partial charge in [-0.1, -0.05) is 6.07 Å². The van der Waals surface area contributed by atoms with Crippen LogP contribution in [0.1, 0.15) is 16.9 Å². The molecular formula is C20H15N4O5S+. The van der Waals surface area contributed by atoms with E-state index in [0.29, 0.717) is 12.2 Å². The van der Waals surface area contributed by atoms with E-state index in [1.807, 2.05) is 41.8 Å². The van der Waals surface area contributed by atoms with E-state index in [1.165, 1.54) is 28.2 Å². The van der Waals surface area contributed by atoms with Gasteiger partial charge in [0.2, 0.25) is 5.71 Å². The lowest BCUT2D eigenvalue weighted by Crippen LogP contribution is -2.10. The number of benzene rings is 2. The number of nitro benzene ring substituents is 2. The highest BCUT2D eigenvalue weighted by atomic mass is 32.1. The number of nitro groups is 2. The minimum Gasteiger partial charge on any atom is -0.497 e. The molecule has 0 N–H and O–H groups in total. The van der Waals surface area contributed by atoms with Gasteiger partial charge >= 0.3 is 11.4 Å². The lowest BCUT2D eigenvalue weighted by atomic mass is 10.0. The fraction of sp³-hybridized carbons (Fsp3) is 0.100. The smallest absolute Gasteiger partial charge is 0.349 e. The van der Waals surface area contributed by atoms with Crippen LogP contribution in [0.25, 0.3) is 0 Å². The second-order valence-electron chi connectivity index (χ2n) is 6.38. The predicted molar refractivity (Wildman–Crippen MR) is 112 cm³/mol.